The minimum absolute atomic E-state index is 0.0282. The van der Waals surface area contributed by atoms with Crippen molar-refractivity contribution in [3.63, 3.8) is 0 Å². The van der Waals surface area contributed by atoms with Crippen LogP contribution in [0.5, 0.6) is 11.5 Å². The summed E-state index contributed by atoms with van der Waals surface area (Å²) < 4.78 is 13.1. The number of halogens is 1. The van der Waals surface area contributed by atoms with Crippen molar-refractivity contribution < 1.29 is 14.3 Å². The van der Waals surface area contributed by atoms with Crippen molar-refractivity contribution in [2.75, 3.05) is 13.2 Å². The molecule has 2 atom stereocenters. The third kappa shape index (κ3) is 5.58. The number of fused-ring (bicyclic) bond motifs is 1. The highest BCUT2D eigenvalue weighted by Crippen LogP contribution is 2.33. The molecule has 3 aromatic rings. The Kier molecular flexibility index (Phi) is 6.77. The number of aryl methyl sites for hydroxylation is 1. The molecule has 0 saturated carbocycles. The molecule has 0 unspecified atom stereocenters. The van der Waals surface area contributed by atoms with E-state index < -0.39 is 0 Å². The molecule has 1 aliphatic rings. The van der Waals surface area contributed by atoms with E-state index in [2.05, 4.69) is 22.5 Å². The molecule has 4 rings (SSSR count). The lowest BCUT2D eigenvalue weighted by Crippen LogP contribution is -2.35. The van der Waals surface area contributed by atoms with Crippen molar-refractivity contribution >= 4 is 17.5 Å². The number of aromatic nitrogens is 2. The van der Waals surface area contributed by atoms with E-state index in [0.717, 1.165) is 29.9 Å². The molecule has 0 saturated heterocycles. The van der Waals surface area contributed by atoms with Crippen LogP contribution in [0.1, 0.15) is 30.5 Å². The summed E-state index contributed by atoms with van der Waals surface area (Å²) in [5.41, 5.74) is 2.24. The number of nitrogens with one attached hydrogen (secondary N) is 1. The van der Waals surface area contributed by atoms with Crippen LogP contribution >= 0.6 is 11.6 Å². The molecule has 1 aliphatic heterocycles. The van der Waals surface area contributed by atoms with Crippen LogP contribution < -0.4 is 14.8 Å². The van der Waals surface area contributed by atoms with Crippen LogP contribution in [0, 0.1) is 5.92 Å². The summed E-state index contributed by atoms with van der Waals surface area (Å²) in [5, 5.41) is 7.96. The highest BCUT2D eigenvalue weighted by Gasteiger charge is 2.22. The molecule has 0 bridgehead atoms. The first-order valence-corrected chi connectivity index (χ1v) is 10.9. The SMILES string of the molecule is C[C@H](Cn1cc(Cl)cn1)C(=O)N[C@@H](CCc1ccccc1)c1ccc2c(c1)OCCO2. The molecule has 6 nitrogen and oxygen atoms in total. The average molecular weight is 440 g/mol. The fourth-order valence-corrected chi connectivity index (χ4v) is 3.83. The maximum Gasteiger partial charge on any atom is 0.225 e. The maximum absolute atomic E-state index is 13.0. The van der Waals surface area contributed by atoms with Crippen LogP contribution in [-0.4, -0.2) is 28.9 Å². The zero-order valence-corrected chi connectivity index (χ0v) is 18.2. The third-order valence-electron chi connectivity index (χ3n) is 5.36. The quantitative estimate of drug-likeness (QED) is 0.563. The van der Waals surface area contributed by atoms with Crippen LogP contribution in [0.15, 0.2) is 60.9 Å². The molecule has 162 valence electrons. The summed E-state index contributed by atoms with van der Waals surface area (Å²) in [6.07, 6.45) is 4.92. The van der Waals surface area contributed by atoms with Crippen molar-refractivity contribution in [2.45, 2.75) is 32.4 Å². The van der Waals surface area contributed by atoms with Gasteiger partial charge in [0.05, 0.1) is 29.7 Å². The molecule has 31 heavy (non-hydrogen) atoms. The first-order valence-electron chi connectivity index (χ1n) is 10.5. The standard InChI is InChI=1S/C24H26ClN3O3/c1-17(15-28-16-20(25)14-26-28)24(29)27-21(9-7-18-5-3-2-4-6-18)19-8-10-22-23(13-19)31-12-11-30-22/h2-6,8,10,13-14,16-17,21H,7,9,11-12,15H2,1H3,(H,27,29)/t17-,21+/m1/s1. The van der Waals surface area contributed by atoms with Crippen molar-refractivity contribution in [1.82, 2.24) is 15.1 Å². The number of benzene rings is 2. The molecule has 0 aliphatic carbocycles. The summed E-state index contributed by atoms with van der Waals surface area (Å²) in [7, 11) is 0. The zero-order chi connectivity index (χ0) is 21.6. The van der Waals surface area contributed by atoms with Gasteiger partial charge in [-0.25, -0.2) is 0 Å². The lowest BCUT2D eigenvalue weighted by Gasteiger charge is -2.24. The minimum Gasteiger partial charge on any atom is -0.486 e. The van der Waals surface area contributed by atoms with Gasteiger partial charge >= 0.3 is 0 Å². The highest BCUT2D eigenvalue weighted by molar-refractivity contribution is 6.30. The molecular weight excluding hydrogens is 414 g/mol. The highest BCUT2D eigenvalue weighted by atomic mass is 35.5. The van der Waals surface area contributed by atoms with Gasteiger partial charge in [-0.15, -0.1) is 0 Å². The van der Waals surface area contributed by atoms with E-state index in [1.165, 1.54) is 5.56 Å². The largest absolute Gasteiger partial charge is 0.486 e. The Balaban J connectivity index is 1.49. The smallest absolute Gasteiger partial charge is 0.225 e. The monoisotopic (exact) mass is 439 g/mol. The van der Waals surface area contributed by atoms with Crippen molar-refractivity contribution in [1.29, 1.82) is 0 Å². The second-order valence-corrected chi connectivity index (χ2v) is 8.21. The number of amides is 1. The molecule has 2 aromatic carbocycles. The predicted molar refractivity (Wildman–Crippen MR) is 119 cm³/mol. The van der Waals surface area contributed by atoms with Gasteiger partial charge in [0.1, 0.15) is 13.2 Å². The molecule has 7 heteroatoms. The Labute approximate surface area is 187 Å². The van der Waals surface area contributed by atoms with E-state index in [4.69, 9.17) is 21.1 Å². The van der Waals surface area contributed by atoms with Gasteiger partial charge in [-0.05, 0) is 36.1 Å². The number of carbonyl (C=O) groups excluding carboxylic acids is 1. The fourth-order valence-electron chi connectivity index (χ4n) is 3.67. The lowest BCUT2D eigenvalue weighted by atomic mass is 9.97. The number of ether oxygens (including phenoxy) is 2. The molecule has 0 spiro atoms. The number of rotatable bonds is 8. The van der Waals surface area contributed by atoms with Gasteiger partial charge in [0.25, 0.3) is 0 Å². The summed E-state index contributed by atoms with van der Waals surface area (Å²) in [6, 6.07) is 16.0. The summed E-state index contributed by atoms with van der Waals surface area (Å²) in [5.74, 6) is 1.18. The molecule has 2 heterocycles. The van der Waals surface area contributed by atoms with Crippen LogP contribution in [0.2, 0.25) is 5.02 Å². The summed E-state index contributed by atoms with van der Waals surface area (Å²) in [6.45, 7) is 3.44. The van der Waals surface area contributed by atoms with Gasteiger partial charge in [-0.1, -0.05) is 54.9 Å². The molecule has 0 radical (unpaired) electrons. The van der Waals surface area contributed by atoms with Gasteiger partial charge in [0.2, 0.25) is 5.91 Å². The summed E-state index contributed by atoms with van der Waals surface area (Å²) >= 11 is 5.94. The first-order chi connectivity index (χ1) is 15.1. The fraction of sp³-hybridized carbons (Fsp3) is 0.333. The van der Waals surface area contributed by atoms with Gasteiger partial charge in [-0.3, -0.25) is 9.48 Å². The Morgan fingerprint density at radius 3 is 2.68 bits per heavy atom. The first kappa shape index (κ1) is 21.2. The lowest BCUT2D eigenvalue weighted by molar-refractivity contribution is -0.125. The third-order valence-corrected chi connectivity index (χ3v) is 5.56. The van der Waals surface area contributed by atoms with E-state index in [1.54, 1.807) is 17.1 Å². The van der Waals surface area contributed by atoms with E-state index in [-0.39, 0.29) is 17.9 Å². The second kappa shape index (κ2) is 9.88. The Bertz CT molecular complexity index is 1020. The molecular formula is C24H26ClN3O3. The minimum atomic E-state index is -0.257. The van der Waals surface area contributed by atoms with Crippen LogP contribution in [0.25, 0.3) is 0 Å². The van der Waals surface area contributed by atoms with Gasteiger partial charge in [-0.2, -0.15) is 5.10 Å². The topological polar surface area (TPSA) is 65.4 Å². The van der Waals surface area contributed by atoms with Crippen molar-refractivity contribution in [3.8, 4) is 11.5 Å². The van der Waals surface area contributed by atoms with E-state index in [0.29, 0.717) is 24.8 Å². The second-order valence-electron chi connectivity index (χ2n) is 7.77. The number of nitrogens with zero attached hydrogens (tertiary/aromatic N) is 2. The number of hydrogen-bond donors (Lipinski definition) is 1. The van der Waals surface area contributed by atoms with Crippen molar-refractivity contribution in [3.05, 3.63) is 77.1 Å². The van der Waals surface area contributed by atoms with E-state index in [1.807, 2.05) is 43.3 Å². The Morgan fingerprint density at radius 2 is 1.94 bits per heavy atom. The van der Waals surface area contributed by atoms with Crippen LogP contribution in [0.4, 0.5) is 0 Å². The van der Waals surface area contributed by atoms with Crippen LogP contribution in [0.3, 0.4) is 0 Å². The maximum atomic E-state index is 13.0. The van der Waals surface area contributed by atoms with Crippen LogP contribution in [-0.2, 0) is 17.8 Å². The van der Waals surface area contributed by atoms with Gasteiger partial charge in [0.15, 0.2) is 11.5 Å². The molecule has 1 N–H and O–H groups in total. The number of hydrogen-bond acceptors (Lipinski definition) is 4. The summed E-state index contributed by atoms with van der Waals surface area (Å²) in [4.78, 5) is 13.0. The molecule has 0 fully saturated rings. The predicted octanol–water partition coefficient (Wildman–Crippen LogP) is 4.43. The molecule has 1 aromatic heterocycles. The number of carbonyl (C=O) groups is 1. The van der Waals surface area contributed by atoms with Gasteiger partial charge < -0.3 is 14.8 Å². The van der Waals surface area contributed by atoms with E-state index >= 15 is 0 Å². The Hall–Kier alpha value is -2.99. The Morgan fingerprint density at radius 1 is 1.16 bits per heavy atom. The molecule has 1 amide bonds. The van der Waals surface area contributed by atoms with Crippen molar-refractivity contribution in [2.24, 2.45) is 5.92 Å². The van der Waals surface area contributed by atoms with E-state index in [9.17, 15) is 4.79 Å². The normalized spacial score (nSPS) is 14.6. The van der Waals surface area contributed by atoms with Gasteiger partial charge in [0, 0.05) is 6.20 Å². The average Bonchev–Trinajstić information content (AvgIpc) is 3.21. The zero-order valence-electron chi connectivity index (χ0n) is 17.5.